The fourth-order valence-corrected chi connectivity index (χ4v) is 1.14. The summed E-state index contributed by atoms with van der Waals surface area (Å²) in [6.07, 6.45) is 2.01. The zero-order valence-electron chi connectivity index (χ0n) is 5.13. The summed E-state index contributed by atoms with van der Waals surface area (Å²) >= 11 is 1.72. The summed E-state index contributed by atoms with van der Waals surface area (Å²) in [5.74, 6) is 1.26. The highest BCUT2D eigenvalue weighted by molar-refractivity contribution is 7.98. The lowest BCUT2D eigenvalue weighted by Gasteiger charge is -2.06. The van der Waals surface area contributed by atoms with Crippen molar-refractivity contribution < 1.29 is 5.11 Å². The Kier molecular flexibility index (Phi) is 5.59. The van der Waals surface area contributed by atoms with Crippen molar-refractivity contribution in [2.45, 2.75) is 0 Å². The Morgan fingerprint density at radius 2 is 2.38 bits per heavy atom. The molecule has 1 unspecified atom stereocenters. The van der Waals surface area contributed by atoms with E-state index in [1.54, 1.807) is 11.8 Å². The Morgan fingerprint density at radius 3 is 2.50 bits per heavy atom. The Labute approximate surface area is 54.5 Å². The van der Waals surface area contributed by atoms with Crippen LogP contribution in [-0.2, 0) is 0 Å². The van der Waals surface area contributed by atoms with Gasteiger partial charge in [-0.25, -0.2) is 0 Å². The van der Waals surface area contributed by atoms with Gasteiger partial charge in [-0.05, 0) is 18.6 Å². The van der Waals surface area contributed by atoms with Gasteiger partial charge >= 0.3 is 0 Å². The molecule has 0 spiro atoms. The highest BCUT2D eigenvalue weighted by Gasteiger charge is 2.00. The van der Waals surface area contributed by atoms with Gasteiger partial charge in [0, 0.05) is 12.5 Å². The van der Waals surface area contributed by atoms with Gasteiger partial charge < -0.3 is 10.8 Å². The van der Waals surface area contributed by atoms with Crippen molar-refractivity contribution >= 4 is 11.8 Å². The summed E-state index contributed by atoms with van der Waals surface area (Å²) in [6, 6.07) is 0. The summed E-state index contributed by atoms with van der Waals surface area (Å²) in [7, 11) is 0. The number of aliphatic hydroxyl groups is 1. The fraction of sp³-hybridized carbons (Fsp3) is 1.00. The summed E-state index contributed by atoms with van der Waals surface area (Å²) in [5.41, 5.74) is 5.30. The van der Waals surface area contributed by atoms with Gasteiger partial charge in [0.2, 0.25) is 0 Å². The predicted octanol–water partition coefficient (Wildman–Crippen LogP) is -0.0834. The second kappa shape index (κ2) is 5.41. The molecule has 0 bridgehead atoms. The van der Waals surface area contributed by atoms with Crippen molar-refractivity contribution in [1.82, 2.24) is 0 Å². The molecule has 0 aliphatic carbocycles. The van der Waals surface area contributed by atoms with Crippen molar-refractivity contribution in [3.63, 3.8) is 0 Å². The smallest absolute Gasteiger partial charge is 0.0479 e. The number of thioether (sulfide) groups is 1. The van der Waals surface area contributed by atoms with Gasteiger partial charge in [0.1, 0.15) is 0 Å². The fourth-order valence-electron chi connectivity index (χ4n) is 0.431. The number of hydrogen-bond acceptors (Lipinski definition) is 3. The van der Waals surface area contributed by atoms with E-state index in [1.165, 1.54) is 0 Å². The van der Waals surface area contributed by atoms with Crippen LogP contribution < -0.4 is 5.73 Å². The van der Waals surface area contributed by atoms with Gasteiger partial charge in [0.05, 0.1) is 0 Å². The van der Waals surface area contributed by atoms with Crippen LogP contribution in [0, 0.1) is 5.92 Å². The van der Waals surface area contributed by atoms with Crippen LogP contribution in [0.4, 0.5) is 0 Å². The molecule has 3 heteroatoms. The van der Waals surface area contributed by atoms with Crippen LogP contribution in [0.15, 0.2) is 0 Å². The van der Waals surface area contributed by atoms with Crippen molar-refractivity contribution in [3.8, 4) is 0 Å². The molecule has 50 valence electrons. The number of aliphatic hydroxyl groups excluding tert-OH is 1. The van der Waals surface area contributed by atoms with E-state index in [4.69, 9.17) is 10.8 Å². The average Bonchev–Trinajstić information content (AvgIpc) is 1.83. The molecular weight excluding hydrogens is 122 g/mol. The van der Waals surface area contributed by atoms with Crippen LogP contribution in [0.3, 0.4) is 0 Å². The first-order valence-corrected chi connectivity index (χ1v) is 4.04. The lowest BCUT2D eigenvalue weighted by atomic mass is 10.2. The first-order valence-electron chi connectivity index (χ1n) is 2.65. The second-order valence-electron chi connectivity index (χ2n) is 1.74. The van der Waals surface area contributed by atoms with Crippen LogP contribution >= 0.6 is 11.8 Å². The third kappa shape index (κ3) is 3.29. The molecule has 0 aromatic heterocycles. The molecule has 1 atom stereocenters. The van der Waals surface area contributed by atoms with Crippen molar-refractivity contribution in [3.05, 3.63) is 0 Å². The Hall–Kier alpha value is 0.270. The van der Waals surface area contributed by atoms with Crippen molar-refractivity contribution in [2.75, 3.05) is 25.2 Å². The van der Waals surface area contributed by atoms with E-state index < -0.39 is 0 Å². The minimum Gasteiger partial charge on any atom is -0.396 e. The monoisotopic (exact) mass is 135 g/mol. The normalized spacial score (nSPS) is 13.9. The van der Waals surface area contributed by atoms with Crippen LogP contribution in [-0.4, -0.2) is 30.3 Å². The largest absolute Gasteiger partial charge is 0.396 e. The molecule has 0 rings (SSSR count). The summed E-state index contributed by atoms with van der Waals surface area (Å²) in [6.45, 7) is 0.814. The molecule has 0 radical (unpaired) electrons. The zero-order chi connectivity index (χ0) is 6.41. The molecular formula is C5H13NOS. The predicted molar refractivity (Wildman–Crippen MR) is 38.0 cm³/mol. The van der Waals surface area contributed by atoms with Crippen molar-refractivity contribution in [1.29, 1.82) is 0 Å². The highest BCUT2D eigenvalue weighted by Crippen LogP contribution is 2.01. The number of rotatable bonds is 4. The van der Waals surface area contributed by atoms with E-state index in [-0.39, 0.29) is 6.61 Å². The average molecular weight is 135 g/mol. The third-order valence-corrected chi connectivity index (χ3v) is 1.80. The molecule has 0 saturated heterocycles. The molecule has 0 saturated carbocycles. The maximum atomic E-state index is 8.56. The van der Waals surface area contributed by atoms with Gasteiger partial charge in [-0.15, -0.1) is 0 Å². The third-order valence-electron chi connectivity index (χ3n) is 0.994. The minimum absolute atomic E-state index is 0.220. The maximum absolute atomic E-state index is 8.56. The Morgan fingerprint density at radius 1 is 1.75 bits per heavy atom. The molecule has 0 aromatic rings. The van der Waals surface area contributed by atoms with E-state index in [0.29, 0.717) is 12.5 Å². The van der Waals surface area contributed by atoms with Crippen LogP contribution in [0.1, 0.15) is 0 Å². The first kappa shape index (κ1) is 8.27. The van der Waals surface area contributed by atoms with Gasteiger partial charge in [-0.2, -0.15) is 11.8 Å². The molecule has 2 nitrogen and oxygen atoms in total. The number of hydrogen-bond donors (Lipinski definition) is 2. The zero-order valence-corrected chi connectivity index (χ0v) is 5.95. The second-order valence-corrected chi connectivity index (χ2v) is 2.65. The van der Waals surface area contributed by atoms with Gasteiger partial charge in [-0.3, -0.25) is 0 Å². The van der Waals surface area contributed by atoms with Crippen molar-refractivity contribution in [2.24, 2.45) is 11.7 Å². The molecule has 0 aliphatic heterocycles. The molecule has 0 amide bonds. The summed E-state index contributed by atoms with van der Waals surface area (Å²) in [4.78, 5) is 0. The quantitative estimate of drug-likeness (QED) is 0.566. The molecule has 0 aromatic carbocycles. The minimum atomic E-state index is 0.220. The lowest BCUT2D eigenvalue weighted by Crippen LogP contribution is -2.19. The van der Waals surface area contributed by atoms with Crippen LogP contribution in [0.5, 0.6) is 0 Å². The molecule has 8 heavy (non-hydrogen) atoms. The van der Waals surface area contributed by atoms with Gasteiger partial charge in [0.15, 0.2) is 0 Å². The van der Waals surface area contributed by atoms with Gasteiger partial charge in [0.25, 0.3) is 0 Å². The summed E-state index contributed by atoms with van der Waals surface area (Å²) in [5, 5.41) is 8.56. The standard InChI is InChI=1S/C5H13NOS/c1-8-4-5(2-6)3-7/h5,7H,2-4,6H2,1H3. The van der Waals surface area contributed by atoms with Crippen LogP contribution in [0.2, 0.25) is 0 Å². The van der Waals surface area contributed by atoms with E-state index >= 15 is 0 Å². The maximum Gasteiger partial charge on any atom is 0.0479 e. The lowest BCUT2D eigenvalue weighted by molar-refractivity contribution is 0.244. The Bertz CT molecular complexity index is 47.7. The van der Waals surface area contributed by atoms with Crippen LogP contribution in [0.25, 0.3) is 0 Å². The number of nitrogens with two attached hydrogens (primary N) is 1. The Balaban J connectivity index is 3.07. The first-order chi connectivity index (χ1) is 3.85. The van der Waals surface area contributed by atoms with Gasteiger partial charge in [-0.1, -0.05) is 0 Å². The molecule has 3 N–H and O–H groups in total. The van der Waals surface area contributed by atoms with E-state index in [1.807, 2.05) is 6.26 Å². The summed E-state index contributed by atoms with van der Waals surface area (Å²) < 4.78 is 0. The SMILES string of the molecule is CSCC(CN)CO. The molecule has 0 aliphatic rings. The van der Waals surface area contributed by atoms with E-state index in [0.717, 1.165) is 5.75 Å². The highest BCUT2D eigenvalue weighted by atomic mass is 32.2. The van der Waals surface area contributed by atoms with E-state index in [9.17, 15) is 0 Å². The molecule has 0 fully saturated rings. The van der Waals surface area contributed by atoms with E-state index in [2.05, 4.69) is 0 Å². The topological polar surface area (TPSA) is 46.2 Å². The molecule has 0 heterocycles.